The van der Waals surface area contributed by atoms with Gasteiger partial charge in [-0.05, 0) is 24.6 Å². The van der Waals surface area contributed by atoms with Gasteiger partial charge in [0.05, 0.1) is 6.61 Å². The van der Waals surface area contributed by atoms with E-state index >= 15 is 0 Å². The minimum absolute atomic E-state index is 0.203. The van der Waals surface area contributed by atoms with Gasteiger partial charge in [-0.2, -0.15) is 0 Å². The molecule has 0 spiro atoms. The molecule has 1 aliphatic rings. The molecule has 0 bridgehead atoms. The Kier molecular flexibility index (Phi) is 2.19. The Bertz CT molecular complexity index is 325. The first kappa shape index (κ1) is 8.51. The van der Waals surface area contributed by atoms with Crippen molar-refractivity contribution in [2.75, 3.05) is 13.2 Å². The molecule has 0 saturated heterocycles. The highest BCUT2D eigenvalue weighted by Crippen LogP contribution is 2.31. The van der Waals surface area contributed by atoms with Gasteiger partial charge in [-0.1, -0.05) is 6.07 Å². The number of ether oxygens (including phenoxy) is 1. The number of benzene rings is 1. The van der Waals surface area contributed by atoms with Crippen LogP contribution in [0, 0.1) is 5.82 Å². The number of fused-ring (bicyclic) bond motifs is 1. The van der Waals surface area contributed by atoms with E-state index in [2.05, 4.69) is 0 Å². The fraction of sp³-hybridized carbons (Fsp3) is 0.400. The van der Waals surface area contributed by atoms with E-state index in [1.54, 1.807) is 6.07 Å². The molecule has 1 heterocycles. The molecule has 0 amide bonds. The molecule has 13 heavy (non-hydrogen) atoms. The second-order valence-corrected chi connectivity index (χ2v) is 3.15. The summed E-state index contributed by atoms with van der Waals surface area (Å²) >= 11 is 0. The topological polar surface area (TPSA) is 35.2 Å². The molecule has 0 radical (unpaired) electrons. The number of rotatable bonds is 2. The molecule has 1 aliphatic heterocycles. The minimum Gasteiger partial charge on any atom is -0.493 e. The van der Waals surface area contributed by atoms with Crippen molar-refractivity contribution in [1.82, 2.24) is 0 Å². The lowest BCUT2D eigenvalue weighted by atomic mass is 10.1. The molecular weight excluding hydrogens is 169 g/mol. The largest absolute Gasteiger partial charge is 0.493 e. The van der Waals surface area contributed by atoms with Crippen LogP contribution in [0.25, 0.3) is 0 Å². The highest BCUT2D eigenvalue weighted by atomic mass is 19.1. The monoisotopic (exact) mass is 181 g/mol. The van der Waals surface area contributed by atoms with Crippen LogP contribution in [-0.2, 0) is 12.8 Å². The summed E-state index contributed by atoms with van der Waals surface area (Å²) in [7, 11) is 0. The van der Waals surface area contributed by atoms with E-state index in [1.807, 2.05) is 0 Å². The van der Waals surface area contributed by atoms with E-state index in [9.17, 15) is 4.39 Å². The second-order valence-electron chi connectivity index (χ2n) is 3.15. The zero-order valence-corrected chi connectivity index (χ0v) is 7.35. The molecule has 1 aromatic carbocycles. The van der Waals surface area contributed by atoms with Gasteiger partial charge in [0.1, 0.15) is 11.6 Å². The van der Waals surface area contributed by atoms with Gasteiger partial charge in [-0.3, -0.25) is 0 Å². The Balaban J connectivity index is 2.45. The van der Waals surface area contributed by atoms with Crippen LogP contribution < -0.4 is 10.5 Å². The SMILES string of the molecule is NCCc1c(F)ccc2c1OCC2. The lowest BCUT2D eigenvalue weighted by Crippen LogP contribution is -2.06. The molecule has 0 saturated carbocycles. The van der Waals surface area contributed by atoms with Crippen molar-refractivity contribution in [3.63, 3.8) is 0 Å². The molecule has 1 aromatic rings. The smallest absolute Gasteiger partial charge is 0.130 e. The Labute approximate surface area is 76.5 Å². The van der Waals surface area contributed by atoms with E-state index in [0.717, 1.165) is 17.7 Å². The summed E-state index contributed by atoms with van der Waals surface area (Å²) in [5.41, 5.74) is 7.14. The molecule has 2 N–H and O–H groups in total. The van der Waals surface area contributed by atoms with Gasteiger partial charge in [-0.25, -0.2) is 4.39 Å². The fourth-order valence-electron chi connectivity index (χ4n) is 1.67. The average molecular weight is 181 g/mol. The fourth-order valence-corrected chi connectivity index (χ4v) is 1.67. The van der Waals surface area contributed by atoms with Crippen LogP contribution in [0.1, 0.15) is 11.1 Å². The zero-order chi connectivity index (χ0) is 9.26. The molecule has 0 aliphatic carbocycles. The van der Waals surface area contributed by atoms with Crippen LogP contribution in [0.15, 0.2) is 12.1 Å². The van der Waals surface area contributed by atoms with E-state index in [1.165, 1.54) is 6.07 Å². The summed E-state index contributed by atoms with van der Waals surface area (Å²) in [6.45, 7) is 1.12. The normalized spacial score (nSPS) is 14.0. The quantitative estimate of drug-likeness (QED) is 0.745. The van der Waals surface area contributed by atoms with Crippen molar-refractivity contribution in [2.45, 2.75) is 12.8 Å². The first-order valence-corrected chi connectivity index (χ1v) is 4.46. The van der Waals surface area contributed by atoms with Crippen LogP contribution in [0.5, 0.6) is 5.75 Å². The molecule has 2 rings (SSSR count). The molecule has 0 aromatic heterocycles. The number of hydrogen-bond donors (Lipinski definition) is 1. The number of halogens is 1. The first-order chi connectivity index (χ1) is 6.33. The van der Waals surface area contributed by atoms with Crippen molar-refractivity contribution in [2.24, 2.45) is 5.73 Å². The van der Waals surface area contributed by atoms with Crippen molar-refractivity contribution in [3.05, 3.63) is 29.1 Å². The van der Waals surface area contributed by atoms with Gasteiger partial charge in [0.15, 0.2) is 0 Å². The van der Waals surface area contributed by atoms with E-state index in [4.69, 9.17) is 10.5 Å². The third-order valence-electron chi connectivity index (χ3n) is 2.30. The van der Waals surface area contributed by atoms with Crippen molar-refractivity contribution in [3.8, 4) is 5.75 Å². The molecular formula is C10H12FNO. The van der Waals surface area contributed by atoms with Gasteiger partial charge in [-0.15, -0.1) is 0 Å². The maximum absolute atomic E-state index is 13.3. The van der Waals surface area contributed by atoms with Gasteiger partial charge in [0, 0.05) is 12.0 Å². The summed E-state index contributed by atoms with van der Waals surface area (Å²) in [6.07, 6.45) is 1.43. The van der Waals surface area contributed by atoms with Gasteiger partial charge >= 0.3 is 0 Å². The maximum Gasteiger partial charge on any atom is 0.130 e. The minimum atomic E-state index is -0.203. The maximum atomic E-state index is 13.3. The highest BCUT2D eigenvalue weighted by molar-refractivity contribution is 5.44. The Morgan fingerprint density at radius 1 is 1.46 bits per heavy atom. The number of hydrogen-bond acceptors (Lipinski definition) is 2. The summed E-state index contributed by atoms with van der Waals surface area (Å²) in [5, 5.41) is 0. The third-order valence-corrected chi connectivity index (χ3v) is 2.30. The van der Waals surface area contributed by atoms with Crippen LogP contribution >= 0.6 is 0 Å². The molecule has 0 unspecified atom stereocenters. The summed E-state index contributed by atoms with van der Waals surface area (Å²) < 4.78 is 18.7. The lowest BCUT2D eigenvalue weighted by molar-refractivity contribution is 0.351. The van der Waals surface area contributed by atoms with E-state index in [-0.39, 0.29) is 5.82 Å². The molecule has 0 fully saturated rings. The highest BCUT2D eigenvalue weighted by Gasteiger charge is 2.18. The van der Waals surface area contributed by atoms with Crippen molar-refractivity contribution >= 4 is 0 Å². The first-order valence-electron chi connectivity index (χ1n) is 4.46. The van der Waals surface area contributed by atoms with Crippen molar-refractivity contribution < 1.29 is 9.13 Å². The predicted octanol–water partition coefficient (Wildman–Crippen LogP) is 1.26. The second kappa shape index (κ2) is 3.34. The average Bonchev–Trinajstić information content (AvgIpc) is 2.58. The van der Waals surface area contributed by atoms with Crippen LogP contribution in [0.3, 0.4) is 0 Å². The summed E-state index contributed by atoms with van der Waals surface area (Å²) in [4.78, 5) is 0. The van der Waals surface area contributed by atoms with Gasteiger partial charge in [0.25, 0.3) is 0 Å². The summed E-state index contributed by atoms with van der Waals surface area (Å²) in [5.74, 6) is 0.525. The third kappa shape index (κ3) is 1.40. The molecule has 3 heteroatoms. The van der Waals surface area contributed by atoms with Crippen LogP contribution in [0.4, 0.5) is 4.39 Å². The van der Waals surface area contributed by atoms with E-state index < -0.39 is 0 Å². The predicted molar refractivity (Wildman–Crippen MR) is 48.4 cm³/mol. The Morgan fingerprint density at radius 2 is 2.31 bits per heavy atom. The van der Waals surface area contributed by atoms with Gasteiger partial charge < -0.3 is 10.5 Å². The standard InChI is InChI=1S/C10H12FNO/c11-9-2-1-7-4-6-13-10(7)8(9)3-5-12/h1-2H,3-6,12H2. The zero-order valence-electron chi connectivity index (χ0n) is 7.35. The van der Waals surface area contributed by atoms with Crippen molar-refractivity contribution in [1.29, 1.82) is 0 Å². The Hall–Kier alpha value is -1.09. The molecule has 0 atom stereocenters. The Morgan fingerprint density at radius 3 is 3.08 bits per heavy atom. The lowest BCUT2D eigenvalue weighted by Gasteiger charge is -2.07. The van der Waals surface area contributed by atoms with Crippen LogP contribution in [-0.4, -0.2) is 13.2 Å². The van der Waals surface area contributed by atoms with Crippen LogP contribution in [0.2, 0.25) is 0 Å². The molecule has 70 valence electrons. The van der Waals surface area contributed by atoms with E-state index in [0.29, 0.717) is 25.1 Å². The summed E-state index contributed by atoms with van der Waals surface area (Å²) in [6, 6.07) is 3.29. The van der Waals surface area contributed by atoms with Gasteiger partial charge in [0.2, 0.25) is 0 Å². The molecule has 2 nitrogen and oxygen atoms in total. The number of nitrogens with two attached hydrogens (primary N) is 1.